The number of H-pyrrole nitrogens is 1. The van der Waals surface area contributed by atoms with Crippen LogP contribution in [0.2, 0.25) is 0 Å². The molecule has 4 rings (SSSR count). The van der Waals surface area contributed by atoms with E-state index in [-0.39, 0.29) is 4.90 Å². The number of fused-ring (bicyclic) bond motifs is 1. The predicted octanol–water partition coefficient (Wildman–Crippen LogP) is 5.56. The Morgan fingerprint density at radius 1 is 0.903 bits per heavy atom. The molecule has 0 spiro atoms. The Hall–Kier alpha value is -3.10. The summed E-state index contributed by atoms with van der Waals surface area (Å²) in [5, 5.41) is 0.777. The third-order valence-electron chi connectivity index (χ3n) is 5.11. The highest BCUT2D eigenvalue weighted by Gasteiger charge is 2.31. The van der Waals surface area contributed by atoms with Crippen LogP contribution in [-0.4, -0.2) is 13.4 Å². The number of aromatic amines is 1. The zero-order valence-corrected chi connectivity index (χ0v) is 17.3. The lowest BCUT2D eigenvalue weighted by Crippen LogP contribution is -2.29. The van der Waals surface area contributed by atoms with Gasteiger partial charge < -0.3 is 4.98 Å². The SMILES string of the molecule is Cc1ccc(S(=O)(=O)N[C@@H](c2ccc(C(F)(F)F)cc2)c2c[nH]c3ccccc23)cc1. The zero-order chi connectivity index (χ0) is 22.2. The average Bonchev–Trinajstić information content (AvgIpc) is 3.16. The Morgan fingerprint density at radius 3 is 2.19 bits per heavy atom. The molecule has 4 nitrogen and oxygen atoms in total. The van der Waals surface area contributed by atoms with Crippen LogP contribution in [0.5, 0.6) is 0 Å². The minimum absolute atomic E-state index is 0.0786. The van der Waals surface area contributed by atoms with Crippen molar-refractivity contribution in [3.63, 3.8) is 0 Å². The number of aromatic nitrogens is 1. The number of halogens is 3. The molecule has 1 atom stereocenters. The predicted molar refractivity (Wildman–Crippen MR) is 113 cm³/mol. The lowest BCUT2D eigenvalue weighted by atomic mass is 9.98. The molecule has 0 bridgehead atoms. The van der Waals surface area contributed by atoms with Crippen LogP contribution in [0.4, 0.5) is 13.2 Å². The molecule has 0 fully saturated rings. The minimum atomic E-state index is -4.48. The molecule has 160 valence electrons. The standard InChI is InChI=1S/C23H19F3N2O2S/c1-15-6-12-18(13-7-15)31(29,30)28-22(16-8-10-17(11-9-16)23(24,25)26)20-14-27-21-5-3-2-4-19(20)21/h2-14,22,27-28H,1H3/t22-/m0/s1. The van der Waals surface area contributed by atoms with Gasteiger partial charge in [0, 0.05) is 17.1 Å². The van der Waals surface area contributed by atoms with Gasteiger partial charge in [0.1, 0.15) is 0 Å². The maximum absolute atomic E-state index is 13.1. The van der Waals surface area contributed by atoms with Gasteiger partial charge in [-0.25, -0.2) is 8.42 Å². The molecule has 0 radical (unpaired) electrons. The van der Waals surface area contributed by atoms with Gasteiger partial charge in [0.25, 0.3) is 0 Å². The summed E-state index contributed by atoms with van der Waals surface area (Å²) < 4.78 is 67.9. The third kappa shape index (κ3) is 4.35. The van der Waals surface area contributed by atoms with Crippen LogP contribution >= 0.6 is 0 Å². The van der Waals surface area contributed by atoms with Gasteiger partial charge in [-0.15, -0.1) is 0 Å². The van der Waals surface area contributed by atoms with Crippen molar-refractivity contribution in [1.29, 1.82) is 0 Å². The molecular formula is C23H19F3N2O2S. The highest BCUT2D eigenvalue weighted by Crippen LogP contribution is 2.34. The Kier molecular flexibility index (Phi) is 5.36. The molecule has 2 N–H and O–H groups in total. The average molecular weight is 444 g/mol. The highest BCUT2D eigenvalue weighted by molar-refractivity contribution is 7.89. The van der Waals surface area contributed by atoms with Gasteiger partial charge in [-0.3, -0.25) is 0 Å². The van der Waals surface area contributed by atoms with Gasteiger partial charge in [0.15, 0.2) is 0 Å². The second-order valence-corrected chi connectivity index (χ2v) is 8.99. The molecular weight excluding hydrogens is 425 g/mol. The van der Waals surface area contributed by atoms with Crippen molar-refractivity contribution in [1.82, 2.24) is 9.71 Å². The third-order valence-corrected chi connectivity index (χ3v) is 6.55. The number of sulfonamides is 1. The Bertz CT molecular complexity index is 1310. The van der Waals surface area contributed by atoms with Crippen molar-refractivity contribution >= 4 is 20.9 Å². The molecule has 0 aliphatic rings. The van der Waals surface area contributed by atoms with Gasteiger partial charge in [-0.1, -0.05) is 48.0 Å². The Morgan fingerprint density at radius 2 is 1.55 bits per heavy atom. The maximum Gasteiger partial charge on any atom is 0.416 e. The summed E-state index contributed by atoms with van der Waals surface area (Å²) in [6.45, 7) is 1.85. The van der Waals surface area contributed by atoms with Crippen LogP contribution in [0.1, 0.15) is 28.3 Å². The van der Waals surface area contributed by atoms with Gasteiger partial charge in [0.05, 0.1) is 16.5 Å². The van der Waals surface area contributed by atoms with Gasteiger partial charge in [-0.05, 0) is 48.4 Å². The van der Waals surface area contributed by atoms with Gasteiger partial charge in [-0.2, -0.15) is 17.9 Å². The van der Waals surface area contributed by atoms with Crippen LogP contribution in [0, 0.1) is 6.92 Å². The van der Waals surface area contributed by atoms with E-state index in [2.05, 4.69) is 9.71 Å². The van der Waals surface area contributed by atoms with E-state index in [0.717, 1.165) is 28.6 Å². The van der Waals surface area contributed by atoms with E-state index in [0.29, 0.717) is 11.1 Å². The Labute approximate surface area is 177 Å². The number of benzene rings is 3. The molecule has 0 unspecified atom stereocenters. The van der Waals surface area contributed by atoms with Crippen LogP contribution < -0.4 is 4.72 Å². The largest absolute Gasteiger partial charge is 0.416 e. The van der Waals surface area contributed by atoms with Gasteiger partial charge >= 0.3 is 6.18 Å². The smallest absolute Gasteiger partial charge is 0.361 e. The summed E-state index contributed by atoms with van der Waals surface area (Å²) in [6.07, 6.45) is -2.80. The molecule has 4 aromatic rings. The van der Waals surface area contributed by atoms with E-state index < -0.39 is 27.8 Å². The fraction of sp³-hybridized carbons (Fsp3) is 0.130. The van der Waals surface area contributed by atoms with Crippen molar-refractivity contribution in [2.45, 2.75) is 24.0 Å². The molecule has 3 aromatic carbocycles. The number of aryl methyl sites for hydroxylation is 1. The normalized spacial score (nSPS) is 13.4. The Balaban J connectivity index is 1.80. The first kappa shape index (κ1) is 21.1. The van der Waals surface area contributed by atoms with E-state index >= 15 is 0 Å². The van der Waals surface area contributed by atoms with Crippen molar-refractivity contribution in [3.05, 3.63) is 101 Å². The molecule has 1 aromatic heterocycles. The summed E-state index contributed by atoms with van der Waals surface area (Å²) in [4.78, 5) is 3.17. The summed E-state index contributed by atoms with van der Waals surface area (Å²) in [7, 11) is -3.94. The number of para-hydroxylation sites is 1. The second kappa shape index (κ2) is 7.86. The first-order chi connectivity index (χ1) is 14.6. The van der Waals surface area contributed by atoms with E-state index in [4.69, 9.17) is 0 Å². The van der Waals surface area contributed by atoms with Crippen LogP contribution in [-0.2, 0) is 16.2 Å². The summed E-state index contributed by atoms with van der Waals surface area (Å²) >= 11 is 0. The van der Waals surface area contributed by atoms with Crippen LogP contribution in [0.15, 0.2) is 83.9 Å². The summed E-state index contributed by atoms with van der Waals surface area (Å²) in [6, 6.07) is 17.3. The minimum Gasteiger partial charge on any atom is -0.361 e. The maximum atomic E-state index is 13.1. The van der Waals surface area contributed by atoms with Crippen molar-refractivity contribution in [3.8, 4) is 0 Å². The van der Waals surface area contributed by atoms with Crippen molar-refractivity contribution in [2.24, 2.45) is 0 Å². The second-order valence-electron chi connectivity index (χ2n) is 7.28. The lowest BCUT2D eigenvalue weighted by Gasteiger charge is -2.20. The van der Waals surface area contributed by atoms with E-state index in [9.17, 15) is 21.6 Å². The van der Waals surface area contributed by atoms with Crippen molar-refractivity contribution < 1.29 is 21.6 Å². The number of hydrogen-bond acceptors (Lipinski definition) is 2. The van der Waals surface area contributed by atoms with Crippen LogP contribution in [0.25, 0.3) is 10.9 Å². The van der Waals surface area contributed by atoms with E-state index in [1.54, 1.807) is 18.3 Å². The molecule has 0 aliphatic heterocycles. The van der Waals surface area contributed by atoms with Crippen LogP contribution in [0.3, 0.4) is 0 Å². The quantitative estimate of drug-likeness (QED) is 0.423. The molecule has 0 aliphatic carbocycles. The fourth-order valence-corrected chi connectivity index (χ4v) is 4.65. The molecule has 8 heteroatoms. The number of nitrogens with one attached hydrogen (secondary N) is 2. The van der Waals surface area contributed by atoms with Crippen molar-refractivity contribution in [2.75, 3.05) is 0 Å². The number of hydrogen-bond donors (Lipinski definition) is 2. The van der Waals surface area contributed by atoms with Gasteiger partial charge in [0.2, 0.25) is 10.0 Å². The fourth-order valence-electron chi connectivity index (χ4n) is 3.45. The highest BCUT2D eigenvalue weighted by atomic mass is 32.2. The van der Waals surface area contributed by atoms with E-state index in [1.807, 2.05) is 31.2 Å². The lowest BCUT2D eigenvalue weighted by molar-refractivity contribution is -0.137. The van der Waals surface area contributed by atoms with E-state index in [1.165, 1.54) is 24.3 Å². The first-order valence-electron chi connectivity index (χ1n) is 9.47. The summed E-state index contributed by atoms with van der Waals surface area (Å²) in [5.41, 5.74) is 1.92. The zero-order valence-electron chi connectivity index (χ0n) is 16.4. The molecule has 1 heterocycles. The molecule has 0 amide bonds. The monoisotopic (exact) mass is 444 g/mol. The summed E-state index contributed by atoms with van der Waals surface area (Å²) in [5.74, 6) is 0. The first-order valence-corrected chi connectivity index (χ1v) is 11.0. The molecule has 31 heavy (non-hydrogen) atoms. The number of rotatable bonds is 5. The topological polar surface area (TPSA) is 62.0 Å². The molecule has 0 saturated carbocycles. The molecule has 0 saturated heterocycles. The number of alkyl halides is 3.